The first kappa shape index (κ1) is 21.6. The minimum atomic E-state index is -0.115. The minimum Gasteiger partial charge on any atom is -0.493 e. The van der Waals surface area contributed by atoms with Crippen molar-refractivity contribution in [3.05, 3.63) is 53.6 Å². The molecule has 0 bridgehead atoms. The van der Waals surface area contributed by atoms with E-state index in [0.717, 1.165) is 35.5 Å². The van der Waals surface area contributed by atoms with Gasteiger partial charge in [-0.3, -0.25) is 4.79 Å². The molecule has 0 radical (unpaired) electrons. The van der Waals surface area contributed by atoms with Crippen molar-refractivity contribution in [3.63, 3.8) is 0 Å². The standard InChI is InChI=1S/C23H31NO4/c1-23(2,3)18-10-6-7-11-19(18)28-16-22(25)24-14-8-9-17-12-13-20(26-4)21(15-17)27-5/h6-7,10-13,15H,8-9,14,16H2,1-5H3,(H,24,25). The van der Waals surface area contributed by atoms with Crippen molar-refractivity contribution >= 4 is 5.91 Å². The molecule has 0 saturated carbocycles. The first-order valence-corrected chi connectivity index (χ1v) is 9.55. The number of hydrogen-bond donors (Lipinski definition) is 1. The van der Waals surface area contributed by atoms with E-state index in [2.05, 4.69) is 26.1 Å². The molecule has 0 unspecified atom stereocenters. The third-order valence-electron chi connectivity index (χ3n) is 4.47. The molecule has 0 saturated heterocycles. The first-order chi connectivity index (χ1) is 13.3. The molecule has 0 spiro atoms. The highest BCUT2D eigenvalue weighted by Gasteiger charge is 2.18. The fraction of sp³-hybridized carbons (Fsp3) is 0.435. The molecular weight excluding hydrogens is 354 g/mol. The third-order valence-corrected chi connectivity index (χ3v) is 4.47. The van der Waals surface area contributed by atoms with Crippen LogP contribution in [0.2, 0.25) is 0 Å². The molecule has 0 aromatic heterocycles. The van der Waals surface area contributed by atoms with Gasteiger partial charge in [-0.05, 0) is 47.6 Å². The third kappa shape index (κ3) is 6.19. The molecule has 5 heteroatoms. The molecular formula is C23H31NO4. The molecule has 152 valence electrons. The van der Waals surface area contributed by atoms with Crippen molar-refractivity contribution < 1.29 is 19.0 Å². The lowest BCUT2D eigenvalue weighted by atomic mass is 9.86. The van der Waals surface area contributed by atoms with E-state index < -0.39 is 0 Å². The van der Waals surface area contributed by atoms with Gasteiger partial charge in [0.15, 0.2) is 18.1 Å². The lowest BCUT2D eigenvalue weighted by molar-refractivity contribution is -0.123. The second-order valence-corrected chi connectivity index (χ2v) is 7.68. The van der Waals surface area contributed by atoms with Crippen molar-refractivity contribution in [2.75, 3.05) is 27.4 Å². The maximum Gasteiger partial charge on any atom is 0.257 e. The van der Waals surface area contributed by atoms with Gasteiger partial charge in [0.1, 0.15) is 5.75 Å². The molecule has 1 N–H and O–H groups in total. The van der Waals surface area contributed by atoms with Crippen LogP contribution in [-0.4, -0.2) is 33.3 Å². The van der Waals surface area contributed by atoms with Gasteiger partial charge in [0.25, 0.3) is 5.91 Å². The summed E-state index contributed by atoms with van der Waals surface area (Å²) in [5.41, 5.74) is 2.20. The fourth-order valence-corrected chi connectivity index (χ4v) is 2.96. The average molecular weight is 386 g/mol. The lowest BCUT2D eigenvalue weighted by Gasteiger charge is -2.22. The Labute approximate surface area is 168 Å². The van der Waals surface area contributed by atoms with Crippen LogP contribution >= 0.6 is 0 Å². The van der Waals surface area contributed by atoms with E-state index in [1.54, 1.807) is 14.2 Å². The zero-order valence-electron chi connectivity index (χ0n) is 17.5. The topological polar surface area (TPSA) is 56.8 Å². The van der Waals surface area contributed by atoms with Crippen molar-refractivity contribution in [2.24, 2.45) is 0 Å². The number of aryl methyl sites for hydroxylation is 1. The number of hydrogen-bond acceptors (Lipinski definition) is 4. The molecule has 28 heavy (non-hydrogen) atoms. The van der Waals surface area contributed by atoms with Gasteiger partial charge in [0.2, 0.25) is 0 Å². The number of rotatable bonds is 9. The quantitative estimate of drug-likeness (QED) is 0.660. The van der Waals surface area contributed by atoms with Crippen LogP contribution in [0.3, 0.4) is 0 Å². The highest BCUT2D eigenvalue weighted by molar-refractivity contribution is 5.77. The highest BCUT2D eigenvalue weighted by Crippen LogP contribution is 2.31. The van der Waals surface area contributed by atoms with E-state index >= 15 is 0 Å². The van der Waals surface area contributed by atoms with E-state index in [9.17, 15) is 4.79 Å². The van der Waals surface area contributed by atoms with Crippen LogP contribution in [0.15, 0.2) is 42.5 Å². The van der Waals surface area contributed by atoms with E-state index in [1.807, 2.05) is 42.5 Å². The van der Waals surface area contributed by atoms with E-state index in [4.69, 9.17) is 14.2 Å². The second kappa shape index (κ2) is 10.0. The van der Waals surface area contributed by atoms with Crippen LogP contribution < -0.4 is 19.5 Å². The summed E-state index contributed by atoms with van der Waals surface area (Å²) in [4.78, 5) is 12.1. The fourth-order valence-electron chi connectivity index (χ4n) is 2.96. The predicted octanol–water partition coefficient (Wildman–Crippen LogP) is 4.13. The van der Waals surface area contributed by atoms with Crippen molar-refractivity contribution in [1.29, 1.82) is 0 Å². The Hall–Kier alpha value is -2.69. The Morgan fingerprint density at radius 1 is 0.964 bits per heavy atom. The maximum absolute atomic E-state index is 12.1. The van der Waals surface area contributed by atoms with Gasteiger partial charge in [-0.2, -0.15) is 0 Å². The lowest BCUT2D eigenvalue weighted by Crippen LogP contribution is -2.30. The molecule has 2 aromatic carbocycles. The van der Waals surface area contributed by atoms with Gasteiger partial charge < -0.3 is 19.5 Å². The van der Waals surface area contributed by atoms with Gasteiger partial charge in [-0.15, -0.1) is 0 Å². The van der Waals surface area contributed by atoms with Gasteiger partial charge in [0.05, 0.1) is 14.2 Å². The molecule has 0 aliphatic heterocycles. The summed E-state index contributed by atoms with van der Waals surface area (Å²) < 4.78 is 16.3. The van der Waals surface area contributed by atoms with Crippen LogP contribution in [0.4, 0.5) is 0 Å². The number of ether oxygens (including phenoxy) is 3. The molecule has 5 nitrogen and oxygen atoms in total. The van der Waals surface area contributed by atoms with Crippen molar-refractivity contribution in [2.45, 2.75) is 39.0 Å². The summed E-state index contributed by atoms with van der Waals surface area (Å²) in [6, 6.07) is 13.7. The van der Waals surface area contributed by atoms with Gasteiger partial charge in [-0.25, -0.2) is 0 Å². The van der Waals surface area contributed by atoms with E-state index in [0.29, 0.717) is 12.3 Å². The van der Waals surface area contributed by atoms with Crippen LogP contribution in [0, 0.1) is 0 Å². The Morgan fingerprint density at radius 2 is 1.68 bits per heavy atom. The van der Waals surface area contributed by atoms with Crippen molar-refractivity contribution in [3.8, 4) is 17.2 Å². The smallest absolute Gasteiger partial charge is 0.257 e. The van der Waals surface area contributed by atoms with E-state index in [-0.39, 0.29) is 17.9 Å². The molecule has 0 aliphatic rings. The van der Waals surface area contributed by atoms with Gasteiger partial charge in [0, 0.05) is 6.54 Å². The Kier molecular flexibility index (Phi) is 7.73. The van der Waals surface area contributed by atoms with Gasteiger partial charge in [-0.1, -0.05) is 45.0 Å². The number of nitrogens with one attached hydrogen (secondary N) is 1. The number of carbonyl (C=O) groups is 1. The van der Waals surface area contributed by atoms with Gasteiger partial charge >= 0.3 is 0 Å². The first-order valence-electron chi connectivity index (χ1n) is 9.55. The Morgan fingerprint density at radius 3 is 2.36 bits per heavy atom. The van der Waals surface area contributed by atoms with E-state index in [1.165, 1.54) is 0 Å². The largest absolute Gasteiger partial charge is 0.493 e. The summed E-state index contributed by atoms with van der Waals surface area (Å²) >= 11 is 0. The molecule has 0 fully saturated rings. The summed E-state index contributed by atoms with van der Waals surface area (Å²) in [5, 5.41) is 2.91. The zero-order chi connectivity index (χ0) is 20.6. The van der Waals surface area contributed by atoms with Crippen LogP contribution in [-0.2, 0) is 16.6 Å². The predicted molar refractivity (Wildman–Crippen MR) is 112 cm³/mol. The number of carbonyl (C=O) groups excluding carboxylic acids is 1. The zero-order valence-corrected chi connectivity index (χ0v) is 17.5. The summed E-state index contributed by atoms with van der Waals surface area (Å²) in [6.07, 6.45) is 1.67. The molecule has 0 aliphatic carbocycles. The molecule has 0 atom stereocenters. The normalized spacial score (nSPS) is 11.0. The SMILES string of the molecule is COc1ccc(CCCNC(=O)COc2ccccc2C(C)(C)C)cc1OC. The minimum absolute atomic E-state index is 0.0173. The maximum atomic E-state index is 12.1. The average Bonchev–Trinajstić information content (AvgIpc) is 2.69. The number of benzene rings is 2. The number of methoxy groups -OCH3 is 2. The van der Waals surface area contributed by atoms with Crippen LogP contribution in [0.1, 0.15) is 38.3 Å². The second-order valence-electron chi connectivity index (χ2n) is 7.68. The summed E-state index contributed by atoms with van der Waals surface area (Å²) in [6.45, 7) is 7.00. The summed E-state index contributed by atoms with van der Waals surface area (Å²) in [5.74, 6) is 2.08. The Bertz CT molecular complexity index is 780. The van der Waals surface area contributed by atoms with Crippen molar-refractivity contribution in [1.82, 2.24) is 5.32 Å². The van der Waals surface area contributed by atoms with Crippen LogP contribution in [0.5, 0.6) is 17.2 Å². The molecule has 2 rings (SSSR count). The van der Waals surface area contributed by atoms with Crippen LogP contribution in [0.25, 0.3) is 0 Å². The highest BCUT2D eigenvalue weighted by atomic mass is 16.5. The Balaban J connectivity index is 1.77. The number of para-hydroxylation sites is 1. The molecule has 1 amide bonds. The summed E-state index contributed by atoms with van der Waals surface area (Å²) in [7, 11) is 3.24. The monoisotopic (exact) mass is 385 g/mol. The molecule has 2 aromatic rings. The molecule has 0 heterocycles. The number of amides is 1.